The molecule has 1 saturated carbocycles. The van der Waals surface area contributed by atoms with Crippen molar-refractivity contribution in [2.24, 2.45) is 22.7 Å². The Labute approximate surface area is 140 Å². The van der Waals surface area contributed by atoms with Gasteiger partial charge in [0, 0.05) is 11.8 Å². The Bertz CT molecular complexity index is 431. The van der Waals surface area contributed by atoms with Crippen LogP contribution >= 0.6 is 0 Å². The molecule has 3 heterocycles. The predicted molar refractivity (Wildman–Crippen MR) is 87.4 cm³/mol. The molecule has 4 heteroatoms. The highest BCUT2D eigenvalue weighted by molar-refractivity contribution is 5.08. The number of fused-ring (bicyclic) bond motifs is 3. The van der Waals surface area contributed by atoms with Gasteiger partial charge in [0.05, 0.1) is 31.3 Å². The number of rotatable bonds is 6. The third kappa shape index (κ3) is 3.29. The monoisotopic (exact) mass is 321 g/mol. The van der Waals surface area contributed by atoms with Crippen molar-refractivity contribution in [1.29, 1.82) is 5.26 Å². The second-order valence-corrected chi connectivity index (χ2v) is 8.43. The molecule has 4 rings (SSSR count). The fourth-order valence-corrected chi connectivity index (χ4v) is 4.78. The van der Waals surface area contributed by atoms with Crippen LogP contribution in [0.1, 0.15) is 65.7 Å². The standard InChI is InChI=1S/C19H31NO3/c1-4-6-15-8-18(11-20,9-16(15)7-5-2)10-19-21-12-17(3,13-22-19)14-23-19/h15-16H,4-10,12-14H2,1-3H3. The van der Waals surface area contributed by atoms with Gasteiger partial charge in [-0.3, -0.25) is 0 Å². The summed E-state index contributed by atoms with van der Waals surface area (Å²) in [4.78, 5) is 0. The largest absolute Gasteiger partial charge is 0.327 e. The SMILES string of the molecule is CCCC1CC(C#N)(CC23OCC(C)(CO2)CO3)CC1CCC. The summed E-state index contributed by atoms with van der Waals surface area (Å²) in [6, 6.07) is 2.65. The molecular formula is C19H31NO3. The average Bonchev–Trinajstić information content (AvgIpc) is 2.88. The fourth-order valence-electron chi connectivity index (χ4n) is 4.78. The van der Waals surface area contributed by atoms with Crippen LogP contribution in [0.15, 0.2) is 0 Å². The summed E-state index contributed by atoms with van der Waals surface area (Å²) in [7, 11) is 0. The van der Waals surface area contributed by atoms with Gasteiger partial charge >= 0.3 is 0 Å². The van der Waals surface area contributed by atoms with Gasteiger partial charge in [0.1, 0.15) is 0 Å². The average molecular weight is 321 g/mol. The smallest absolute Gasteiger partial charge is 0.284 e. The van der Waals surface area contributed by atoms with E-state index in [1.54, 1.807) is 0 Å². The van der Waals surface area contributed by atoms with Crippen LogP contribution in [0, 0.1) is 34.0 Å². The highest BCUT2D eigenvalue weighted by Gasteiger charge is 2.56. The minimum Gasteiger partial charge on any atom is -0.327 e. The Balaban J connectivity index is 1.73. The van der Waals surface area contributed by atoms with Crippen LogP contribution in [0.25, 0.3) is 0 Å². The van der Waals surface area contributed by atoms with Crippen LogP contribution in [0.5, 0.6) is 0 Å². The first-order chi connectivity index (χ1) is 11.0. The van der Waals surface area contributed by atoms with Crippen LogP contribution in [0.3, 0.4) is 0 Å². The van der Waals surface area contributed by atoms with Crippen molar-refractivity contribution in [3.8, 4) is 6.07 Å². The molecule has 2 unspecified atom stereocenters. The van der Waals surface area contributed by atoms with Crippen LogP contribution in [0.4, 0.5) is 0 Å². The first-order valence-corrected chi connectivity index (χ1v) is 9.31. The molecule has 0 spiro atoms. The first kappa shape index (κ1) is 17.2. The normalized spacial score (nSPS) is 46.0. The second kappa shape index (κ2) is 6.35. The Kier molecular flexibility index (Phi) is 4.75. The van der Waals surface area contributed by atoms with E-state index in [1.807, 2.05) is 0 Å². The lowest BCUT2D eigenvalue weighted by atomic mass is 9.80. The zero-order valence-corrected chi connectivity index (χ0v) is 14.9. The van der Waals surface area contributed by atoms with Crippen LogP contribution in [-0.4, -0.2) is 25.8 Å². The second-order valence-electron chi connectivity index (χ2n) is 8.43. The molecule has 2 atom stereocenters. The number of nitrogens with zero attached hydrogens (tertiary/aromatic N) is 1. The van der Waals surface area contributed by atoms with E-state index in [0.717, 1.165) is 12.8 Å². The first-order valence-electron chi connectivity index (χ1n) is 9.31. The maximum atomic E-state index is 9.98. The van der Waals surface area contributed by atoms with Crippen molar-refractivity contribution < 1.29 is 14.2 Å². The van der Waals surface area contributed by atoms with E-state index in [-0.39, 0.29) is 10.8 Å². The third-order valence-corrected chi connectivity index (χ3v) is 6.01. The van der Waals surface area contributed by atoms with Crippen molar-refractivity contribution >= 4 is 0 Å². The van der Waals surface area contributed by atoms with Gasteiger partial charge in [-0.25, -0.2) is 0 Å². The lowest BCUT2D eigenvalue weighted by Gasteiger charge is -2.51. The number of nitriles is 1. The molecule has 3 aliphatic heterocycles. The van der Waals surface area contributed by atoms with E-state index in [0.29, 0.717) is 38.1 Å². The van der Waals surface area contributed by atoms with E-state index in [4.69, 9.17) is 14.2 Å². The van der Waals surface area contributed by atoms with Gasteiger partial charge in [-0.05, 0) is 24.7 Å². The van der Waals surface area contributed by atoms with Crippen molar-refractivity contribution in [3.63, 3.8) is 0 Å². The summed E-state index contributed by atoms with van der Waals surface area (Å²) < 4.78 is 17.9. The summed E-state index contributed by atoms with van der Waals surface area (Å²) in [6.45, 7) is 8.63. The maximum absolute atomic E-state index is 9.98. The molecule has 2 bridgehead atoms. The molecule has 3 saturated heterocycles. The van der Waals surface area contributed by atoms with E-state index < -0.39 is 5.97 Å². The molecule has 23 heavy (non-hydrogen) atoms. The van der Waals surface area contributed by atoms with Crippen LogP contribution in [0.2, 0.25) is 0 Å². The van der Waals surface area contributed by atoms with Crippen molar-refractivity contribution in [3.05, 3.63) is 0 Å². The van der Waals surface area contributed by atoms with Crippen molar-refractivity contribution in [2.75, 3.05) is 19.8 Å². The quantitative estimate of drug-likeness (QED) is 0.734. The Morgan fingerprint density at radius 3 is 1.83 bits per heavy atom. The lowest BCUT2D eigenvalue weighted by Crippen LogP contribution is -2.60. The molecule has 4 nitrogen and oxygen atoms in total. The van der Waals surface area contributed by atoms with Gasteiger partial charge in [-0.2, -0.15) is 5.26 Å². The highest BCUT2D eigenvalue weighted by atomic mass is 16.9. The fraction of sp³-hybridized carbons (Fsp3) is 0.947. The zero-order valence-electron chi connectivity index (χ0n) is 14.9. The molecule has 0 N–H and O–H groups in total. The van der Waals surface area contributed by atoms with Crippen LogP contribution in [-0.2, 0) is 14.2 Å². The molecular weight excluding hydrogens is 290 g/mol. The zero-order chi connectivity index (χ0) is 16.6. The lowest BCUT2D eigenvalue weighted by molar-refractivity contribution is -0.472. The topological polar surface area (TPSA) is 51.5 Å². The van der Waals surface area contributed by atoms with Gasteiger partial charge in [0.2, 0.25) is 0 Å². The van der Waals surface area contributed by atoms with Gasteiger partial charge < -0.3 is 14.2 Å². The molecule has 4 fully saturated rings. The summed E-state index contributed by atoms with van der Waals surface area (Å²) in [5.41, 5.74) is -0.378. The minimum absolute atomic E-state index is 0.0211. The number of hydrogen-bond acceptors (Lipinski definition) is 4. The molecule has 0 aromatic heterocycles. The Morgan fingerprint density at radius 2 is 1.43 bits per heavy atom. The summed E-state index contributed by atoms with van der Waals surface area (Å²) in [6.07, 6.45) is 7.34. The van der Waals surface area contributed by atoms with Gasteiger partial charge in [-0.1, -0.05) is 46.5 Å². The van der Waals surface area contributed by atoms with Gasteiger partial charge in [-0.15, -0.1) is 0 Å². The molecule has 0 aromatic carbocycles. The third-order valence-electron chi connectivity index (χ3n) is 6.01. The summed E-state index contributed by atoms with van der Waals surface area (Å²) in [5, 5.41) is 9.98. The predicted octanol–water partition coefficient (Wildman–Crippen LogP) is 4.25. The molecule has 0 radical (unpaired) electrons. The number of ether oxygens (including phenoxy) is 3. The van der Waals surface area contributed by atoms with Crippen LogP contribution < -0.4 is 0 Å². The van der Waals surface area contributed by atoms with E-state index in [2.05, 4.69) is 26.8 Å². The van der Waals surface area contributed by atoms with E-state index >= 15 is 0 Å². The molecule has 0 aromatic rings. The summed E-state index contributed by atoms with van der Waals surface area (Å²) in [5.74, 6) is 0.354. The molecule has 1 aliphatic carbocycles. The van der Waals surface area contributed by atoms with Crippen molar-refractivity contribution in [1.82, 2.24) is 0 Å². The highest BCUT2D eigenvalue weighted by Crippen LogP contribution is 2.55. The van der Waals surface area contributed by atoms with E-state index in [1.165, 1.54) is 25.7 Å². The molecule has 4 aliphatic rings. The maximum Gasteiger partial charge on any atom is 0.284 e. The molecule has 130 valence electrons. The summed E-state index contributed by atoms with van der Waals surface area (Å²) >= 11 is 0. The molecule has 0 amide bonds. The van der Waals surface area contributed by atoms with E-state index in [9.17, 15) is 5.26 Å². The Morgan fingerprint density at radius 1 is 0.957 bits per heavy atom. The van der Waals surface area contributed by atoms with Gasteiger partial charge in [0.25, 0.3) is 5.97 Å². The Hall–Kier alpha value is -0.630. The van der Waals surface area contributed by atoms with Crippen molar-refractivity contribution in [2.45, 2.75) is 71.7 Å². The van der Waals surface area contributed by atoms with Gasteiger partial charge in [0.15, 0.2) is 0 Å². The number of hydrogen-bond donors (Lipinski definition) is 0. The minimum atomic E-state index is -0.967.